The lowest BCUT2D eigenvalue weighted by molar-refractivity contribution is -0.142. The van der Waals surface area contributed by atoms with E-state index in [0.717, 1.165) is 44.9 Å². The molecule has 4 atom stereocenters. The van der Waals surface area contributed by atoms with Gasteiger partial charge in [0.2, 0.25) is 53.2 Å². The second-order valence-corrected chi connectivity index (χ2v) is 21.3. The highest BCUT2D eigenvalue weighted by molar-refractivity contribution is 6.07. The lowest BCUT2D eigenvalue weighted by Gasteiger charge is -2.20. The van der Waals surface area contributed by atoms with Crippen LogP contribution in [0.25, 0.3) is 0 Å². The molecule has 0 spiro atoms. The van der Waals surface area contributed by atoms with Crippen LogP contribution in [0.1, 0.15) is 187 Å². The Bertz CT molecular complexity index is 2030. The molecule has 0 fully saturated rings. The van der Waals surface area contributed by atoms with Gasteiger partial charge in [-0.3, -0.25) is 47.9 Å². The number of amides is 9. The highest BCUT2D eigenvalue weighted by Crippen LogP contribution is 2.14. The Balaban J connectivity index is 3.86. The molecular formula is C58H105BN10O19. The molecule has 504 valence electrons. The number of carboxylic acids is 3. The molecule has 0 aromatic heterocycles. The van der Waals surface area contributed by atoms with E-state index >= 15 is 0 Å². The van der Waals surface area contributed by atoms with Gasteiger partial charge in [0.25, 0.3) is 0 Å². The normalized spacial score (nSPS) is 12.3. The van der Waals surface area contributed by atoms with E-state index in [1.54, 1.807) is 14.9 Å². The summed E-state index contributed by atoms with van der Waals surface area (Å²) in [4.78, 5) is 144. The number of rotatable bonds is 61. The molecule has 14 N–H and O–H groups in total. The molecule has 0 aliphatic rings. The number of nitrogens with two attached hydrogens (primary N) is 1. The monoisotopic (exact) mass is 1260 g/mol. The third kappa shape index (κ3) is 50.5. The van der Waals surface area contributed by atoms with E-state index in [-0.39, 0.29) is 142 Å². The zero-order valence-electron chi connectivity index (χ0n) is 52.3. The molecule has 0 saturated heterocycles. The first-order chi connectivity index (χ1) is 42.3. The predicted molar refractivity (Wildman–Crippen MR) is 327 cm³/mol. The number of hydrogen-bond donors (Lipinski definition) is 13. The molecule has 0 aliphatic carbocycles. The van der Waals surface area contributed by atoms with E-state index in [1.807, 2.05) is 0 Å². The molecule has 0 rings (SSSR count). The van der Waals surface area contributed by atoms with Gasteiger partial charge in [0.15, 0.2) is 7.98 Å². The van der Waals surface area contributed by atoms with Gasteiger partial charge in [0, 0.05) is 71.2 Å². The van der Waals surface area contributed by atoms with Gasteiger partial charge in [0.1, 0.15) is 31.3 Å². The quantitative estimate of drug-likeness (QED) is 0.0287. The summed E-state index contributed by atoms with van der Waals surface area (Å²) in [7, 11) is 1.62. The molecule has 30 heteroatoms. The molecule has 1 unspecified atom stereocenters. The first kappa shape index (κ1) is 81.5. The molecular weight excluding hydrogens is 1150 g/mol. The maximum absolute atomic E-state index is 12.4. The van der Waals surface area contributed by atoms with E-state index in [9.17, 15) is 67.7 Å². The summed E-state index contributed by atoms with van der Waals surface area (Å²) in [6.07, 6.45) is 17.9. The number of ether oxygens (including phenoxy) is 4. The number of nitrogens with one attached hydrogen (secondary N) is 9. The van der Waals surface area contributed by atoms with Crippen LogP contribution in [-0.2, 0) is 76.5 Å². The van der Waals surface area contributed by atoms with Gasteiger partial charge in [-0.05, 0) is 64.2 Å². The Morgan fingerprint density at radius 1 is 0.364 bits per heavy atom. The van der Waals surface area contributed by atoms with Crippen molar-refractivity contribution in [1.82, 2.24) is 47.8 Å². The number of unbranched alkanes of at least 4 members (excludes halogenated alkanes) is 14. The smallest absolute Gasteiger partial charge is 0.326 e. The molecule has 29 nitrogen and oxygen atoms in total. The summed E-state index contributed by atoms with van der Waals surface area (Å²) in [5.41, 5.74) is 5.29. The first-order valence-electron chi connectivity index (χ1n) is 31.5. The lowest BCUT2D eigenvalue weighted by Crippen LogP contribution is -2.51. The predicted octanol–water partition coefficient (Wildman–Crippen LogP) is 0.276. The van der Waals surface area contributed by atoms with Crippen LogP contribution in [0.3, 0.4) is 0 Å². The van der Waals surface area contributed by atoms with Gasteiger partial charge in [-0.2, -0.15) is 0 Å². The van der Waals surface area contributed by atoms with Crippen molar-refractivity contribution in [2.45, 2.75) is 211 Å². The lowest BCUT2D eigenvalue weighted by atomic mass is 10.0. The van der Waals surface area contributed by atoms with Crippen molar-refractivity contribution in [3.63, 3.8) is 0 Å². The van der Waals surface area contributed by atoms with Crippen molar-refractivity contribution in [2.24, 2.45) is 5.73 Å². The topological polar surface area (TPSA) is 437 Å². The van der Waals surface area contributed by atoms with E-state index in [2.05, 4.69) is 47.8 Å². The zero-order valence-corrected chi connectivity index (χ0v) is 52.3. The maximum Gasteiger partial charge on any atom is 0.326 e. The molecule has 0 aromatic carbocycles. The second-order valence-electron chi connectivity index (χ2n) is 21.3. The number of carbonyl (C=O) groups is 12. The number of carbonyl (C=O) groups excluding carboxylic acids is 9. The van der Waals surface area contributed by atoms with E-state index in [1.165, 1.54) is 44.9 Å². The van der Waals surface area contributed by atoms with Crippen molar-refractivity contribution in [2.75, 3.05) is 85.6 Å². The molecule has 88 heavy (non-hydrogen) atoms. The molecule has 9 amide bonds. The first-order valence-corrected chi connectivity index (χ1v) is 31.5. The fraction of sp³-hybridized carbons (Fsp3) is 0.793. The standard InChI is InChI=1S/C58H105BN10O19/c1-2-43(55(60)79)68-56(80)44(69-59)21-17-18-30-61-48(71)28-26-45(57(81)82)66-51(74)24-20-32-63-52(75)41-87-39-38-86-36-34-65-53(76)42-88-40-37-85-35-33-64-49(72)29-27-46(58(83)84)67-50(73)23-19-31-62-47(70)22-15-13-11-9-7-5-3-4-6-8-10-12-14-16-25-54(77)78/h43-46,69H,2-42,59H2,1H3,(H2,60,79)(H,61,71)(H,62,70)(H,63,75)(H,64,72)(H,65,76)(H,66,74)(H,67,73)(H,68,80)(H,77,78)(H,81,82)(H,83,84)/t43?,44-,45-,46-/m0/s1. The van der Waals surface area contributed by atoms with Gasteiger partial charge >= 0.3 is 17.9 Å². The van der Waals surface area contributed by atoms with Crippen molar-refractivity contribution in [3.05, 3.63) is 0 Å². The number of carboxylic acid groups (broad SMARTS) is 3. The van der Waals surface area contributed by atoms with Gasteiger partial charge in [0.05, 0.1) is 45.7 Å². The van der Waals surface area contributed by atoms with Gasteiger partial charge in [-0.15, -0.1) is 0 Å². The maximum atomic E-state index is 12.4. The Labute approximate surface area is 519 Å². The Morgan fingerprint density at radius 2 is 0.727 bits per heavy atom. The van der Waals surface area contributed by atoms with Crippen LogP contribution < -0.4 is 53.5 Å². The minimum atomic E-state index is -1.30. The highest BCUT2D eigenvalue weighted by atomic mass is 16.5. The van der Waals surface area contributed by atoms with Crippen molar-refractivity contribution in [3.8, 4) is 0 Å². The van der Waals surface area contributed by atoms with Crippen LogP contribution in [-0.4, -0.2) is 204 Å². The van der Waals surface area contributed by atoms with Crippen LogP contribution >= 0.6 is 0 Å². The number of hydrogen-bond acceptors (Lipinski definition) is 17. The number of primary amides is 1. The zero-order chi connectivity index (χ0) is 65.4. The molecule has 0 aliphatic heterocycles. The Kier molecular flexibility index (Phi) is 51.7. The highest BCUT2D eigenvalue weighted by Gasteiger charge is 2.24. The van der Waals surface area contributed by atoms with Crippen molar-refractivity contribution in [1.29, 1.82) is 0 Å². The fourth-order valence-corrected chi connectivity index (χ4v) is 8.65. The summed E-state index contributed by atoms with van der Waals surface area (Å²) in [6.45, 7) is 3.05. The second kappa shape index (κ2) is 55.8. The minimum Gasteiger partial charge on any atom is -0.481 e. The average molecular weight is 1260 g/mol. The largest absolute Gasteiger partial charge is 0.481 e. The van der Waals surface area contributed by atoms with Crippen molar-refractivity contribution >= 4 is 79.1 Å². The fourth-order valence-electron chi connectivity index (χ4n) is 8.65. The van der Waals surface area contributed by atoms with E-state index < -0.39 is 77.5 Å². The number of aliphatic carboxylic acids is 3. The van der Waals surface area contributed by atoms with Gasteiger partial charge < -0.3 is 87.8 Å². The van der Waals surface area contributed by atoms with Crippen LogP contribution in [0.4, 0.5) is 0 Å². The Hall–Kier alpha value is -6.50. The van der Waals surface area contributed by atoms with Crippen LogP contribution in [0.2, 0.25) is 0 Å². The van der Waals surface area contributed by atoms with E-state index in [4.69, 9.17) is 29.8 Å². The third-order valence-electron chi connectivity index (χ3n) is 13.8. The summed E-state index contributed by atoms with van der Waals surface area (Å²) in [5.74, 6) is -7.04. The van der Waals surface area contributed by atoms with Crippen LogP contribution in [0.15, 0.2) is 0 Å². The van der Waals surface area contributed by atoms with E-state index in [0.29, 0.717) is 51.6 Å². The molecule has 0 radical (unpaired) electrons. The van der Waals surface area contributed by atoms with Crippen LogP contribution in [0.5, 0.6) is 0 Å². The summed E-state index contributed by atoms with van der Waals surface area (Å²) >= 11 is 0. The molecule has 0 saturated carbocycles. The minimum absolute atomic E-state index is 0.0183. The molecule has 0 heterocycles. The van der Waals surface area contributed by atoms with Gasteiger partial charge in [-0.1, -0.05) is 84.0 Å². The molecule has 0 bridgehead atoms. The average Bonchev–Trinajstić information content (AvgIpc) is 3.58. The van der Waals surface area contributed by atoms with Crippen LogP contribution in [0, 0.1) is 0 Å². The summed E-state index contributed by atoms with van der Waals surface area (Å²) in [5, 5.41) is 51.4. The third-order valence-corrected chi connectivity index (χ3v) is 13.8. The van der Waals surface area contributed by atoms with Crippen molar-refractivity contribution < 1.29 is 91.8 Å². The summed E-state index contributed by atoms with van der Waals surface area (Å²) in [6, 6.07) is -3.86. The van der Waals surface area contributed by atoms with Gasteiger partial charge in [-0.25, -0.2) is 9.59 Å². The Morgan fingerprint density at radius 3 is 1.14 bits per heavy atom. The molecule has 0 aromatic rings. The SMILES string of the molecule is BN[C@@H](CCCCNC(=O)CC[C@H](NC(=O)CCCNC(=O)COCCOCCNC(=O)COCCOCCNC(=O)CC[C@H](NC(=O)CCCNC(=O)CCCCCCCCCCCCCCCCC(=O)O)C(=O)O)C(=O)O)C(=O)NC(CC)C(N)=O. The summed E-state index contributed by atoms with van der Waals surface area (Å²) < 4.78 is 21.3.